The van der Waals surface area contributed by atoms with E-state index in [1.807, 2.05) is 7.05 Å². The van der Waals surface area contributed by atoms with Crippen LogP contribution in [0, 0.1) is 10.1 Å². The molecule has 0 unspecified atom stereocenters. The second kappa shape index (κ2) is 10.1. The van der Waals surface area contributed by atoms with Crippen LogP contribution in [0.15, 0.2) is 18.2 Å². The first-order valence-corrected chi connectivity index (χ1v) is 6.80. The molecule has 7 heteroatoms. The molecule has 0 amide bonds. The van der Waals surface area contributed by atoms with Crippen LogP contribution in [-0.2, 0) is 16.0 Å². The van der Waals surface area contributed by atoms with Crippen LogP contribution in [0.2, 0.25) is 0 Å². The van der Waals surface area contributed by atoms with Gasteiger partial charge in [0.15, 0.2) is 5.75 Å². The second-order valence-electron chi connectivity index (χ2n) is 4.40. The molecule has 0 aliphatic rings. The summed E-state index contributed by atoms with van der Waals surface area (Å²) in [7, 11) is 3.43. The van der Waals surface area contributed by atoms with Crippen molar-refractivity contribution in [3.8, 4) is 5.75 Å². The Morgan fingerprint density at radius 3 is 2.71 bits per heavy atom. The van der Waals surface area contributed by atoms with Crippen molar-refractivity contribution in [1.82, 2.24) is 5.32 Å². The maximum atomic E-state index is 11.0. The highest BCUT2D eigenvalue weighted by Crippen LogP contribution is 2.28. The predicted octanol–water partition coefficient (Wildman–Crippen LogP) is 1.75. The van der Waals surface area contributed by atoms with Gasteiger partial charge < -0.3 is 19.5 Å². The topological polar surface area (TPSA) is 82.9 Å². The van der Waals surface area contributed by atoms with Gasteiger partial charge in [-0.05, 0) is 18.7 Å². The van der Waals surface area contributed by atoms with Gasteiger partial charge in [-0.1, -0.05) is 6.07 Å². The molecule has 1 rings (SSSR count). The lowest BCUT2D eigenvalue weighted by Crippen LogP contribution is -2.09. The molecule has 0 radical (unpaired) electrons. The molecule has 0 aliphatic carbocycles. The van der Waals surface area contributed by atoms with Crippen LogP contribution in [0.3, 0.4) is 0 Å². The summed E-state index contributed by atoms with van der Waals surface area (Å²) in [4.78, 5) is 10.5. The average Bonchev–Trinajstić information content (AvgIpc) is 2.46. The number of nitro groups is 1. The molecule has 0 saturated carbocycles. The first-order valence-electron chi connectivity index (χ1n) is 6.80. The zero-order valence-electron chi connectivity index (χ0n) is 12.5. The van der Waals surface area contributed by atoms with Crippen molar-refractivity contribution in [3.63, 3.8) is 0 Å². The van der Waals surface area contributed by atoms with E-state index in [2.05, 4.69) is 5.32 Å². The zero-order chi connectivity index (χ0) is 15.5. The Morgan fingerprint density at radius 2 is 2.05 bits per heavy atom. The molecule has 1 aromatic carbocycles. The Balaban J connectivity index is 2.47. The van der Waals surface area contributed by atoms with Crippen molar-refractivity contribution in [1.29, 1.82) is 0 Å². The van der Waals surface area contributed by atoms with Crippen molar-refractivity contribution in [2.75, 3.05) is 40.6 Å². The number of rotatable bonds is 11. The first-order chi connectivity index (χ1) is 10.2. The molecule has 0 atom stereocenters. The van der Waals surface area contributed by atoms with Gasteiger partial charge >= 0.3 is 5.69 Å². The molecule has 7 nitrogen and oxygen atoms in total. The van der Waals surface area contributed by atoms with Crippen molar-refractivity contribution in [3.05, 3.63) is 33.9 Å². The number of nitrogens with zero attached hydrogens (tertiary/aromatic N) is 1. The Bertz CT molecular complexity index is 439. The highest BCUT2D eigenvalue weighted by Gasteiger charge is 2.15. The summed E-state index contributed by atoms with van der Waals surface area (Å²) in [6, 6.07) is 4.88. The standard InChI is InChI=1S/C14H22N2O5/c1-15-11-12-4-5-13(16(17)18)14(10-12)21-7-3-6-20-9-8-19-2/h4-5,10,15H,3,6-9,11H2,1-2H3. The summed E-state index contributed by atoms with van der Waals surface area (Å²) in [6.45, 7) is 2.63. The van der Waals surface area contributed by atoms with Gasteiger partial charge in [-0.25, -0.2) is 0 Å². The van der Waals surface area contributed by atoms with Crippen LogP contribution in [0.1, 0.15) is 12.0 Å². The van der Waals surface area contributed by atoms with Crippen molar-refractivity contribution < 1.29 is 19.1 Å². The van der Waals surface area contributed by atoms with Gasteiger partial charge in [-0.3, -0.25) is 10.1 Å². The van der Waals surface area contributed by atoms with Crippen molar-refractivity contribution >= 4 is 5.69 Å². The number of hydrogen-bond donors (Lipinski definition) is 1. The largest absolute Gasteiger partial charge is 0.487 e. The van der Waals surface area contributed by atoms with Crippen LogP contribution < -0.4 is 10.1 Å². The molecule has 0 bridgehead atoms. The molecule has 0 aromatic heterocycles. The normalized spacial score (nSPS) is 10.6. The third kappa shape index (κ3) is 6.52. The molecule has 21 heavy (non-hydrogen) atoms. The third-order valence-electron chi connectivity index (χ3n) is 2.72. The average molecular weight is 298 g/mol. The number of nitrogens with one attached hydrogen (secondary N) is 1. The molecule has 0 saturated heterocycles. The van der Waals surface area contributed by atoms with Gasteiger partial charge in [0, 0.05) is 32.7 Å². The lowest BCUT2D eigenvalue weighted by atomic mass is 10.2. The van der Waals surface area contributed by atoms with E-state index in [1.54, 1.807) is 19.2 Å². The Morgan fingerprint density at radius 1 is 1.24 bits per heavy atom. The minimum atomic E-state index is -0.437. The number of methoxy groups -OCH3 is 1. The zero-order valence-corrected chi connectivity index (χ0v) is 12.5. The highest BCUT2D eigenvalue weighted by atomic mass is 16.6. The molecule has 1 N–H and O–H groups in total. The molecular formula is C14H22N2O5. The van der Waals surface area contributed by atoms with Crippen LogP contribution in [-0.4, -0.2) is 45.5 Å². The van der Waals surface area contributed by atoms with Gasteiger partial charge in [0.25, 0.3) is 0 Å². The van der Waals surface area contributed by atoms with Crippen LogP contribution in [0.5, 0.6) is 5.75 Å². The Labute approximate surface area is 124 Å². The third-order valence-corrected chi connectivity index (χ3v) is 2.72. The number of hydrogen-bond acceptors (Lipinski definition) is 6. The monoisotopic (exact) mass is 298 g/mol. The lowest BCUT2D eigenvalue weighted by molar-refractivity contribution is -0.385. The lowest BCUT2D eigenvalue weighted by Gasteiger charge is -2.09. The molecule has 0 fully saturated rings. The fraction of sp³-hybridized carbons (Fsp3) is 0.571. The smallest absolute Gasteiger partial charge is 0.310 e. The molecule has 0 aliphatic heterocycles. The minimum Gasteiger partial charge on any atom is -0.487 e. The van der Waals surface area contributed by atoms with Gasteiger partial charge in [0.1, 0.15) is 0 Å². The predicted molar refractivity (Wildman–Crippen MR) is 78.7 cm³/mol. The van der Waals surface area contributed by atoms with Gasteiger partial charge in [0.05, 0.1) is 24.7 Å². The van der Waals surface area contributed by atoms with E-state index in [4.69, 9.17) is 14.2 Å². The van der Waals surface area contributed by atoms with Crippen molar-refractivity contribution in [2.24, 2.45) is 0 Å². The molecule has 0 spiro atoms. The summed E-state index contributed by atoms with van der Waals surface area (Å²) >= 11 is 0. The van der Waals surface area contributed by atoms with E-state index in [0.29, 0.717) is 45.1 Å². The number of nitro benzene ring substituents is 1. The van der Waals surface area contributed by atoms with Gasteiger partial charge in [0.2, 0.25) is 0 Å². The second-order valence-corrected chi connectivity index (χ2v) is 4.40. The van der Waals surface area contributed by atoms with Gasteiger partial charge in [-0.2, -0.15) is 0 Å². The summed E-state index contributed by atoms with van der Waals surface area (Å²) < 4.78 is 15.7. The summed E-state index contributed by atoms with van der Waals surface area (Å²) in [5.74, 6) is 0.296. The van der Waals surface area contributed by atoms with Crippen LogP contribution in [0.4, 0.5) is 5.69 Å². The Hall–Kier alpha value is -1.70. The number of ether oxygens (including phenoxy) is 3. The maximum Gasteiger partial charge on any atom is 0.310 e. The quantitative estimate of drug-likeness (QED) is 0.381. The van der Waals surface area contributed by atoms with E-state index in [-0.39, 0.29) is 5.69 Å². The van der Waals surface area contributed by atoms with Gasteiger partial charge in [-0.15, -0.1) is 0 Å². The van der Waals surface area contributed by atoms with E-state index < -0.39 is 4.92 Å². The summed E-state index contributed by atoms with van der Waals surface area (Å²) in [5, 5.41) is 14.0. The van der Waals surface area contributed by atoms with E-state index in [1.165, 1.54) is 6.07 Å². The fourth-order valence-corrected chi connectivity index (χ4v) is 1.73. The number of benzene rings is 1. The summed E-state index contributed by atoms with van der Waals surface area (Å²) in [5.41, 5.74) is 0.921. The molecular weight excluding hydrogens is 276 g/mol. The van der Waals surface area contributed by atoms with E-state index in [9.17, 15) is 10.1 Å². The van der Waals surface area contributed by atoms with E-state index in [0.717, 1.165) is 5.56 Å². The summed E-state index contributed by atoms with van der Waals surface area (Å²) in [6.07, 6.45) is 0.664. The minimum absolute atomic E-state index is 0.0184. The highest BCUT2D eigenvalue weighted by molar-refractivity contribution is 5.48. The first kappa shape index (κ1) is 17.4. The fourth-order valence-electron chi connectivity index (χ4n) is 1.73. The SMILES string of the molecule is CNCc1ccc([N+](=O)[O-])c(OCCCOCCOC)c1. The molecule has 1 aromatic rings. The van der Waals surface area contributed by atoms with Crippen LogP contribution in [0.25, 0.3) is 0 Å². The molecule has 0 heterocycles. The molecule has 118 valence electrons. The van der Waals surface area contributed by atoms with Crippen molar-refractivity contribution in [2.45, 2.75) is 13.0 Å². The van der Waals surface area contributed by atoms with E-state index >= 15 is 0 Å². The van der Waals surface area contributed by atoms with Crippen LogP contribution >= 0.6 is 0 Å². The Kier molecular flexibility index (Phi) is 8.34. The maximum absolute atomic E-state index is 11.0.